The van der Waals surface area contributed by atoms with Crippen LogP contribution in [-0.2, 0) is 19.6 Å². The topological polar surface area (TPSA) is 13.0 Å². The SMILES string of the molecule is CN(C)c1ccc(-c2ccc(CN(Cc3ccc(-c4ccc(N(C)C)cc4)cc3)Cc3ccc(-c4ccc(N(C)C)cc4)cc3)cc2)cc1. The lowest BCUT2D eigenvalue weighted by atomic mass is 10.0. The highest BCUT2D eigenvalue weighted by molar-refractivity contribution is 5.68. The second kappa shape index (κ2) is 15.3. The molecule has 0 bridgehead atoms. The predicted molar refractivity (Wildman–Crippen MR) is 212 cm³/mol. The smallest absolute Gasteiger partial charge is 0.0361 e. The van der Waals surface area contributed by atoms with E-state index in [0.29, 0.717) is 0 Å². The summed E-state index contributed by atoms with van der Waals surface area (Å²) in [5.41, 5.74) is 15.0. The first kappa shape index (κ1) is 33.6. The van der Waals surface area contributed by atoms with Crippen LogP contribution in [-0.4, -0.2) is 47.2 Å². The van der Waals surface area contributed by atoms with Crippen molar-refractivity contribution in [2.24, 2.45) is 0 Å². The van der Waals surface area contributed by atoms with Crippen molar-refractivity contribution in [2.45, 2.75) is 19.6 Å². The normalized spacial score (nSPS) is 11.1. The largest absolute Gasteiger partial charge is 0.378 e. The van der Waals surface area contributed by atoms with E-state index in [0.717, 1.165) is 19.6 Å². The number of hydrogen-bond acceptors (Lipinski definition) is 4. The Morgan fingerprint density at radius 3 is 0.633 bits per heavy atom. The van der Waals surface area contributed by atoms with Crippen LogP contribution in [0.15, 0.2) is 146 Å². The average molecular weight is 645 g/mol. The zero-order valence-corrected chi connectivity index (χ0v) is 29.8. The van der Waals surface area contributed by atoms with Crippen molar-refractivity contribution in [3.05, 3.63) is 162 Å². The first-order chi connectivity index (χ1) is 23.7. The summed E-state index contributed by atoms with van der Waals surface area (Å²) in [6.07, 6.45) is 0. The van der Waals surface area contributed by atoms with Crippen LogP contribution in [0.2, 0.25) is 0 Å². The van der Waals surface area contributed by atoms with Gasteiger partial charge in [-0.15, -0.1) is 0 Å². The van der Waals surface area contributed by atoms with Gasteiger partial charge in [-0.3, -0.25) is 4.90 Å². The molecule has 0 N–H and O–H groups in total. The van der Waals surface area contributed by atoms with Crippen molar-refractivity contribution in [3.8, 4) is 33.4 Å². The zero-order chi connectivity index (χ0) is 34.3. The Morgan fingerprint density at radius 2 is 0.449 bits per heavy atom. The van der Waals surface area contributed by atoms with Crippen molar-refractivity contribution >= 4 is 17.1 Å². The zero-order valence-electron chi connectivity index (χ0n) is 29.8. The van der Waals surface area contributed by atoms with Crippen molar-refractivity contribution in [1.82, 2.24) is 4.90 Å². The molecule has 0 saturated carbocycles. The van der Waals surface area contributed by atoms with Crippen molar-refractivity contribution < 1.29 is 0 Å². The van der Waals surface area contributed by atoms with E-state index in [-0.39, 0.29) is 0 Å². The Labute approximate surface area is 293 Å². The Hall–Kier alpha value is -5.32. The molecule has 0 atom stereocenters. The summed E-state index contributed by atoms with van der Waals surface area (Å²) in [5.74, 6) is 0. The Bertz CT molecular complexity index is 1670. The molecule has 248 valence electrons. The first-order valence-corrected chi connectivity index (χ1v) is 17.0. The molecule has 0 radical (unpaired) electrons. The second-order valence-corrected chi connectivity index (χ2v) is 13.6. The molecule has 0 aliphatic carbocycles. The summed E-state index contributed by atoms with van der Waals surface area (Å²) in [5, 5.41) is 0. The van der Waals surface area contributed by atoms with Crippen LogP contribution < -0.4 is 14.7 Å². The highest BCUT2D eigenvalue weighted by Crippen LogP contribution is 2.27. The molecule has 6 aromatic rings. The number of nitrogens with zero attached hydrogens (tertiary/aromatic N) is 4. The molecular formula is C45H48N4. The molecule has 0 aromatic heterocycles. The van der Waals surface area contributed by atoms with Gasteiger partial charge in [0.1, 0.15) is 0 Å². The summed E-state index contributed by atoms with van der Waals surface area (Å²) in [6, 6.07) is 53.5. The maximum Gasteiger partial charge on any atom is 0.0361 e. The fourth-order valence-electron chi connectivity index (χ4n) is 6.21. The van der Waals surface area contributed by atoms with Gasteiger partial charge in [0.15, 0.2) is 0 Å². The van der Waals surface area contributed by atoms with Crippen LogP contribution in [0.3, 0.4) is 0 Å². The van der Waals surface area contributed by atoms with Gasteiger partial charge in [0, 0.05) is 79.0 Å². The minimum absolute atomic E-state index is 0.862. The number of hydrogen-bond donors (Lipinski definition) is 0. The van der Waals surface area contributed by atoms with Gasteiger partial charge in [0.2, 0.25) is 0 Å². The van der Waals surface area contributed by atoms with Crippen molar-refractivity contribution in [3.63, 3.8) is 0 Å². The molecular weight excluding hydrogens is 597 g/mol. The number of rotatable bonds is 12. The third-order valence-corrected chi connectivity index (χ3v) is 9.23. The Morgan fingerprint density at radius 1 is 0.265 bits per heavy atom. The van der Waals surface area contributed by atoms with Crippen LogP contribution in [0, 0.1) is 0 Å². The molecule has 0 saturated heterocycles. The summed E-state index contributed by atoms with van der Waals surface area (Å²) < 4.78 is 0. The summed E-state index contributed by atoms with van der Waals surface area (Å²) >= 11 is 0. The van der Waals surface area contributed by atoms with Crippen LogP contribution in [0.1, 0.15) is 16.7 Å². The third kappa shape index (κ3) is 8.59. The van der Waals surface area contributed by atoms with Gasteiger partial charge in [-0.1, -0.05) is 109 Å². The molecule has 6 aromatic carbocycles. The van der Waals surface area contributed by atoms with Crippen LogP contribution in [0.4, 0.5) is 17.1 Å². The Kier molecular flexibility index (Phi) is 10.5. The second-order valence-electron chi connectivity index (χ2n) is 13.6. The van der Waals surface area contributed by atoms with Gasteiger partial charge in [0.05, 0.1) is 0 Å². The van der Waals surface area contributed by atoms with Gasteiger partial charge in [0.25, 0.3) is 0 Å². The lowest BCUT2D eigenvalue weighted by Gasteiger charge is -2.23. The lowest BCUT2D eigenvalue weighted by Crippen LogP contribution is -2.22. The van der Waals surface area contributed by atoms with E-state index in [9.17, 15) is 0 Å². The van der Waals surface area contributed by atoms with Gasteiger partial charge in [-0.25, -0.2) is 0 Å². The van der Waals surface area contributed by atoms with Crippen LogP contribution >= 0.6 is 0 Å². The van der Waals surface area contributed by atoms with Crippen LogP contribution in [0.25, 0.3) is 33.4 Å². The molecule has 0 aliphatic heterocycles. The number of anilines is 3. The van der Waals surface area contributed by atoms with Gasteiger partial charge < -0.3 is 14.7 Å². The van der Waals surface area contributed by atoms with Crippen LogP contribution in [0.5, 0.6) is 0 Å². The van der Waals surface area contributed by atoms with E-state index in [4.69, 9.17) is 0 Å². The standard InChI is InChI=1S/C45H48N4/c1-46(2)43-25-19-40(20-26-43)37-13-7-34(8-14-37)31-49(32-35-9-15-38(16-10-35)41-21-27-44(28-22-41)47(3)4)33-36-11-17-39(18-12-36)42-23-29-45(30-24-42)48(5)6/h7-30H,31-33H2,1-6H3. The van der Waals surface area contributed by atoms with E-state index in [1.54, 1.807) is 0 Å². The fourth-order valence-corrected chi connectivity index (χ4v) is 6.21. The lowest BCUT2D eigenvalue weighted by molar-refractivity contribution is 0.248. The number of benzene rings is 6. The molecule has 0 fully saturated rings. The Balaban J connectivity index is 1.20. The molecule has 4 nitrogen and oxygen atoms in total. The van der Waals surface area contributed by atoms with E-state index >= 15 is 0 Å². The average Bonchev–Trinajstić information content (AvgIpc) is 3.13. The molecule has 0 heterocycles. The predicted octanol–water partition coefficient (Wildman–Crippen LogP) is 10.1. The van der Waals surface area contributed by atoms with Gasteiger partial charge in [-0.05, 0) is 86.5 Å². The monoisotopic (exact) mass is 644 g/mol. The maximum absolute atomic E-state index is 2.54. The minimum atomic E-state index is 0.862. The van der Waals surface area contributed by atoms with E-state index in [1.165, 1.54) is 67.1 Å². The third-order valence-electron chi connectivity index (χ3n) is 9.23. The molecule has 4 heteroatoms. The summed E-state index contributed by atoms with van der Waals surface area (Å²) in [7, 11) is 12.5. The first-order valence-electron chi connectivity index (χ1n) is 17.0. The van der Waals surface area contributed by atoms with E-state index < -0.39 is 0 Å². The maximum atomic E-state index is 2.54. The quantitative estimate of drug-likeness (QED) is 0.131. The molecule has 0 aliphatic rings. The van der Waals surface area contributed by atoms with Gasteiger partial charge >= 0.3 is 0 Å². The highest BCUT2D eigenvalue weighted by atomic mass is 15.1. The van der Waals surface area contributed by atoms with Gasteiger partial charge in [-0.2, -0.15) is 0 Å². The highest BCUT2D eigenvalue weighted by Gasteiger charge is 2.11. The molecule has 0 amide bonds. The fraction of sp³-hybridized carbons (Fsp3) is 0.200. The van der Waals surface area contributed by atoms with Crippen molar-refractivity contribution in [2.75, 3.05) is 57.0 Å². The summed E-state index contributed by atoms with van der Waals surface area (Å²) in [4.78, 5) is 8.94. The molecule has 0 spiro atoms. The van der Waals surface area contributed by atoms with E-state index in [1.807, 2.05) is 0 Å². The van der Waals surface area contributed by atoms with Crippen molar-refractivity contribution in [1.29, 1.82) is 0 Å². The minimum Gasteiger partial charge on any atom is -0.378 e. The summed E-state index contributed by atoms with van der Waals surface area (Å²) in [6.45, 7) is 2.59. The molecule has 6 rings (SSSR count). The molecule has 0 unspecified atom stereocenters. The molecule has 49 heavy (non-hydrogen) atoms. The van der Waals surface area contributed by atoms with E-state index in [2.05, 4.69) is 207 Å².